The number of ether oxygens (including phenoxy) is 2. The zero-order valence-electron chi connectivity index (χ0n) is 33.1. The number of methoxy groups -OCH3 is 2. The quantitative estimate of drug-likeness (QED) is 0.160. The van der Waals surface area contributed by atoms with Gasteiger partial charge in [0.25, 0.3) is 0 Å². The van der Waals surface area contributed by atoms with Gasteiger partial charge in [-0.2, -0.15) is 0 Å². The molecular formula is C39H67N5O7. The molecule has 1 fully saturated rings. The van der Waals surface area contributed by atoms with Crippen LogP contribution in [0.3, 0.4) is 0 Å². The van der Waals surface area contributed by atoms with Crippen molar-refractivity contribution < 1.29 is 33.8 Å². The van der Waals surface area contributed by atoms with E-state index >= 15 is 0 Å². The van der Waals surface area contributed by atoms with Gasteiger partial charge in [0.15, 0.2) is 0 Å². The summed E-state index contributed by atoms with van der Waals surface area (Å²) in [5, 5.41) is 19.8. The first-order chi connectivity index (χ1) is 24.0. The van der Waals surface area contributed by atoms with Crippen LogP contribution in [0.4, 0.5) is 0 Å². The normalized spacial score (nSPS) is 20.1. The number of hydrogen-bond donors (Lipinski definition) is 4. The van der Waals surface area contributed by atoms with Crippen LogP contribution < -0.4 is 16.0 Å². The Balaban J connectivity index is 2.24. The smallest absolute Gasteiger partial charge is 0.245 e. The van der Waals surface area contributed by atoms with Crippen molar-refractivity contribution in [3.05, 3.63) is 35.9 Å². The zero-order chi connectivity index (χ0) is 38.6. The number of amides is 4. The maximum atomic E-state index is 14.1. The number of aliphatic hydroxyl groups excluding tert-OH is 1. The van der Waals surface area contributed by atoms with Crippen LogP contribution in [0.5, 0.6) is 0 Å². The molecule has 2 rings (SSSR count). The van der Waals surface area contributed by atoms with E-state index < -0.39 is 48.4 Å². The molecule has 51 heavy (non-hydrogen) atoms. The second-order valence-corrected chi connectivity index (χ2v) is 15.0. The summed E-state index contributed by atoms with van der Waals surface area (Å²) in [6.07, 6.45) is 0.147. The number of likely N-dealkylation sites (N-methyl/N-ethyl adjacent to an activating group) is 2. The molecule has 1 heterocycles. The van der Waals surface area contributed by atoms with Crippen LogP contribution in [0.1, 0.15) is 92.7 Å². The molecule has 12 heteroatoms. The molecule has 4 amide bonds. The van der Waals surface area contributed by atoms with Crippen molar-refractivity contribution in [2.24, 2.45) is 23.7 Å². The van der Waals surface area contributed by atoms with Crippen LogP contribution >= 0.6 is 0 Å². The van der Waals surface area contributed by atoms with Gasteiger partial charge in [0.1, 0.15) is 6.04 Å². The molecule has 1 aromatic carbocycles. The van der Waals surface area contributed by atoms with E-state index in [1.54, 1.807) is 52.0 Å². The number of aliphatic hydroxyl groups is 1. The topological polar surface area (TPSA) is 150 Å². The van der Waals surface area contributed by atoms with Crippen molar-refractivity contribution in [1.82, 2.24) is 25.8 Å². The highest BCUT2D eigenvalue weighted by Gasteiger charge is 2.43. The third-order valence-electron chi connectivity index (χ3n) is 10.7. The molecule has 12 nitrogen and oxygen atoms in total. The maximum absolute atomic E-state index is 14.1. The molecule has 1 saturated heterocycles. The second kappa shape index (κ2) is 20.8. The predicted octanol–water partition coefficient (Wildman–Crippen LogP) is 3.53. The fraction of sp³-hybridized carbons (Fsp3) is 0.744. The highest BCUT2D eigenvalue weighted by Crippen LogP contribution is 2.30. The Morgan fingerprint density at radius 2 is 1.53 bits per heavy atom. The molecular weight excluding hydrogens is 650 g/mol. The highest BCUT2D eigenvalue weighted by molar-refractivity contribution is 5.90. The molecule has 1 aliphatic rings. The minimum Gasteiger partial charge on any atom is -0.386 e. The summed E-state index contributed by atoms with van der Waals surface area (Å²) in [6, 6.07) is 6.67. The second-order valence-electron chi connectivity index (χ2n) is 15.0. The van der Waals surface area contributed by atoms with Gasteiger partial charge in [-0.3, -0.25) is 19.2 Å². The Bertz CT molecular complexity index is 1250. The Labute approximate surface area is 306 Å². The zero-order valence-corrected chi connectivity index (χ0v) is 33.1. The summed E-state index contributed by atoms with van der Waals surface area (Å²) in [5.41, 5.74) is 0.711. The lowest BCUT2D eigenvalue weighted by atomic mass is 9.89. The Morgan fingerprint density at radius 3 is 2.04 bits per heavy atom. The van der Waals surface area contributed by atoms with Crippen molar-refractivity contribution in [1.29, 1.82) is 0 Å². The number of likely N-dealkylation sites (tertiary alicyclic amines) is 1. The molecule has 0 unspecified atom stereocenters. The number of nitrogens with one attached hydrogen (secondary N) is 3. The summed E-state index contributed by atoms with van der Waals surface area (Å²) < 4.78 is 11.9. The summed E-state index contributed by atoms with van der Waals surface area (Å²) in [7, 11) is 6.57. The van der Waals surface area contributed by atoms with Crippen molar-refractivity contribution in [2.45, 2.75) is 130 Å². The third-order valence-corrected chi connectivity index (χ3v) is 10.7. The molecule has 1 aliphatic heterocycles. The van der Waals surface area contributed by atoms with E-state index in [1.165, 1.54) is 0 Å². The molecule has 4 N–H and O–H groups in total. The van der Waals surface area contributed by atoms with Gasteiger partial charge < -0.3 is 40.3 Å². The summed E-state index contributed by atoms with van der Waals surface area (Å²) in [5.74, 6) is -1.62. The monoisotopic (exact) mass is 718 g/mol. The number of rotatable bonds is 20. The van der Waals surface area contributed by atoms with Gasteiger partial charge in [-0.1, -0.05) is 85.2 Å². The average molecular weight is 718 g/mol. The summed E-state index contributed by atoms with van der Waals surface area (Å²) >= 11 is 0. The van der Waals surface area contributed by atoms with E-state index in [1.807, 2.05) is 71.9 Å². The molecule has 0 radical (unpaired) electrons. The lowest BCUT2D eigenvalue weighted by Crippen LogP contribution is -2.59. The number of carbonyl (C=O) groups excluding carboxylic acids is 4. The van der Waals surface area contributed by atoms with Crippen LogP contribution in [0.2, 0.25) is 0 Å². The Hall–Kier alpha value is -3.06. The summed E-state index contributed by atoms with van der Waals surface area (Å²) in [6.45, 7) is 15.9. The van der Waals surface area contributed by atoms with Crippen molar-refractivity contribution >= 4 is 23.6 Å². The van der Waals surface area contributed by atoms with Gasteiger partial charge in [0.05, 0.1) is 54.8 Å². The molecule has 0 bridgehead atoms. The van der Waals surface area contributed by atoms with E-state index in [2.05, 4.69) is 16.0 Å². The van der Waals surface area contributed by atoms with Gasteiger partial charge in [0, 0.05) is 27.8 Å². The van der Waals surface area contributed by atoms with Crippen LogP contribution in [-0.2, 0) is 28.7 Å². The van der Waals surface area contributed by atoms with Gasteiger partial charge in [-0.25, -0.2) is 0 Å². The standard InChI is InChI=1S/C39H67N5O7/c1-13-25(6)34(43(10)39(49)33(24(4)5)42-38(48)32(40-9)23(2)3)30(50-11)22-31(45)44-21-17-20-29(44)36(51-12)26(7)37(47)41-27(8)35(46)28-18-15-14-16-19-28/h14-16,18-19,23-27,29-30,32-36,40,46H,13,17,20-22H2,1-12H3,(H,41,47)(H,42,48)/t25-,26+,27+,29-,30+,32+,33+,34-,35+,36+/m0/s1. The van der Waals surface area contributed by atoms with Gasteiger partial charge in [-0.05, 0) is 50.1 Å². The molecule has 0 saturated carbocycles. The molecule has 0 spiro atoms. The fourth-order valence-electron chi connectivity index (χ4n) is 7.42. The first-order valence-electron chi connectivity index (χ1n) is 18.7. The minimum atomic E-state index is -0.875. The first kappa shape index (κ1) is 44.1. The van der Waals surface area contributed by atoms with Crippen LogP contribution in [0.25, 0.3) is 0 Å². The van der Waals surface area contributed by atoms with E-state index in [0.717, 1.165) is 12.8 Å². The van der Waals surface area contributed by atoms with E-state index in [0.29, 0.717) is 18.5 Å². The van der Waals surface area contributed by atoms with E-state index in [4.69, 9.17) is 9.47 Å². The number of nitrogens with zero attached hydrogens (tertiary/aromatic N) is 2. The summed E-state index contributed by atoms with van der Waals surface area (Å²) in [4.78, 5) is 58.3. The number of hydrogen-bond acceptors (Lipinski definition) is 8. The van der Waals surface area contributed by atoms with Crippen molar-refractivity contribution in [3.8, 4) is 0 Å². The number of benzene rings is 1. The van der Waals surface area contributed by atoms with E-state index in [-0.39, 0.29) is 53.8 Å². The first-order valence-corrected chi connectivity index (χ1v) is 18.7. The lowest BCUT2D eigenvalue weighted by molar-refractivity contribution is -0.148. The largest absolute Gasteiger partial charge is 0.386 e. The average Bonchev–Trinajstić information content (AvgIpc) is 3.59. The third kappa shape index (κ3) is 11.5. The van der Waals surface area contributed by atoms with E-state index in [9.17, 15) is 24.3 Å². The van der Waals surface area contributed by atoms with Crippen LogP contribution in [0.15, 0.2) is 30.3 Å². The molecule has 10 atom stereocenters. The molecule has 0 aromatic heterocycles. The Kier molecular flexibility index (Phi) is 18.0. The van der Waals surface area contributed by atoms with Gasteiger partial charge in [-0.15, -0.1) is 0 Å². The fourth-order valence-corrected chi connectivity index (χ4v) is 7.42. The molecule has 0 aliphatic carbocycles. The lowest BCUT2D eigenvalue weighted by Gasteiger charge is -2.41. The van der Waals surface area contributed by atoms with Gasteiger partial charge >= 0.3 is 0 Å². The SMILES string of the molecule is CC[C@H](C)[C@@H]([C@@H](CC(=O)N1CCC[C@H]1[C@H](OC)[C@@H](C)C(=O)N[C@H](C)[C@@H](O)c1ccccc1)OC)N(C)C(=O)[C@H](NC(=O)[C@H](NC)C(C)C)C(C)C. The molecule has 1 aromatic rings. The molecule has 290 valence electrons. The van der Waals surface area contributed by atoms with Crippen LogP contribution in [-0.4, -0.2) is 116 Å². The maximum Gasteiger partial charge on any atom is 0.245 e. The predicted molar refractivity (Wildman–Crippen MR) is 200 cm³/mol. The van der Waals surface area contributed by atoms with Crippen LogP contribution in [0, 0.1) is 23.7 Å². The minimum absolute atomic E-state index is 0.0148. The number of carbonyl (C=O) groups is 4. The van der Waals surface area contributed by atoms with Gasteiger partial charge in [0.2, 0.25) is 23.6 Å². The highest BCUT2D eigenvalue weighted by atomic mass is 16.5. The Morgan fingerprint density at radius 1 is 0.922 bits per heavy atom. The van der Waals surface area contributed by atoms with Crippen molar-refractivity contribution in [2.75, 3.05) is 34.9 Å². The van der Waals surface area contributed by atoms with Crippen molar-refractivity contribution in [3.63, 3.8) is 0 Å².